The monoisotopic (exact) mass is 383 g/mol. The number of hydrogen-bond acceptors (Lipinski definition) is 8. The standard InChI is InChI=1S/C18H21N7O3/c26-17(13-25-11-12-28-18(25)27)24-9-7-23(8-10-24)16-2-1-15(21-22-16)20-14-3-5-19-6-4-14/h1-6H,7-13H2,(H,19,20,21). The first kappa shape index (κ1) is 18.0. The molecule has 10 nitrogen and oxygen atoms in total. The van der Waals surface area contributed by atoms with E-state index in [0.29, 0.717) is 45.1 Å². The summed E-state index contributed by atoms with van der Waals surface area (Å²) < 4.78 is 4.86. The van der Waals surface area contributed by atoms with Crippen LogP contribution in [0.3, 0.4) is 0 Å². The van der Waals surface area contributed by atoms with Crippen LogP contribution in [0.1, 0.15) is 0 Å². The fraction of sp³-hybridized carbons (Fsp3) is 0.389. The highest BCUT2D eigenvalue weighted by atomic mass is 16.6. The van der Waals surface area contributed by atoms with Gasteiger partial charge in [0.05, 0.1) is 6.54 Å². The Balaban J connectivity index is 1.28. The number of anilines is 3. The topological polar surface area (TPSA) is 104 Å². The molecule has 146 valence electrons. The molecule has 0 aliphatic carbocycles. The molecule has 1 N–H and O–H groups in total. The number of rotatable bonds is 5. The quantitative estimate of drug-likeness (QED) is 0.805. The number of aromatic nitrogens is 3. The second kappa shape index (κ2) is 8.07. The van der Waals surface area contributed by atoms with Gasteiger partial charge < -0.3 is 19.9 Å². The van der Waals surface area contributed by atoms with Gasteiger partial charge in [0, 0.05) is 44.3 Å². The van der Waals surface area contributed by atoms with Gasteiger partial charge in [-0.05, 0) is 24.3 Å². The number of amides is 2. The average Bonchev–Trinajstić information content (AvgIpc) is 3.14. The summed E-state index contributed by atoms with van der Waals surface area (Å²) in [5, 5.41) is 11.7. The molecule has 0 radical (unpaired) electrons. The van der Waals surface area contributed by atoms with Gasteiger partial charge >= 0.3 is 6.09 Å². The zero-order valence-electron chi connectivity index (χ0n) is 15.3. The molecule has 10 heteroatoms. The molecule has 0 saturated carbocycles. The van der Waals surface area contributed by atoms with Gasteiger partial charge in [0.15, 0.2) is 11.6 Å². The first-order chi connectivity index (χ1) is 13.7. The smallest absolute Gasteiger partial charge is 0.410 e. The Morgan fingerprint density at radius 2 is 1.82 bits per heavy atom. The molecule has 0 aromatic carbocycles. The van der Waals surface area contributed by atoms with Crippen LogP contribution in [0, 0.1) is 0 Å². The van der Waals surface area contributed by atoms with E-state index in [2.05, 4.69) is 25.4 Å². The Kier molecular flexibility index (Phi) is 5.18. The number of hydrogen-bond donors (Lipinski definition) is 1. The predicted molar refractivity (Wildman–Crippen MR) is 101 cm³/mol. The number of carbonyl (C=O) groups excluding carboxylic acids is 2. The minimum atomic E-state index is -0.414. The first-order valence-electron chi connectivity index (χ1n) is 9.14. The van der Waals surface area contributed by atoms with Crippen molar-refractivity contribution in [3.8, 4) is 0 Å². The van der Waals surface area contributed by atoms with Crippen LogP contribution in [0.15, 0.2) is 36.7 Å². The number of pyridine rings is 1. The van der Waals surface area contributed by atoms with Gasteiger partial charge in [-0.15, -0.1) is 10.2 Å². The van der Waals surface area contributed by atoms with E-state index in [-0.39, 0.29) is 12.5 Å². The maximum atomic E-state index is 12.4. The molecule has 2 aromatic rings. The van der Waals surface area contributed by atoms with E-state index in [1.165, 1.54) is 4.90 Å². The molecule has 2 saturated heterocycles. The molecule has 4 rings (SSSR count). The summed E-state index contributed by atoms with van der Waals surface area (Å²) in [7, 11) is 0. The minimum absolute atomic E-state index is 0.0542. The number of nitrogens with zero attached hydrogens (tertiary/aromatic N) is 6. The molecule has 0 unspecified atom stereocenters. The number of ether oxygens (including phenoxy) is 1. The lowest BCUT2D eigenvalue weighted by molar-refractivity contribution is -0.132. The highest BCUT2D eigenvalue weighted by Gasteiger charge is 2.28. The van der Waals surface area contributed by atoms with Crippen LogP contribution in [-0.4, -0.2) is 82.9 Å². The van der Waals surface area contributed by atoms with Gasteiger partial charge in [-0.25, -0.2) is 4.79 Å². The van der Waals surface area contributed by atoms with Crippen molar-refractivity contribution in [3.63, 3.8) is 0 Å². The molecule has 4 heterocycles. The third-order valence-electron chi connectivity index (χ3n) is 4.73. The number of cyclic esters (lactones) is 1. The van der Waals surface area contributed by atoms with E-state index in [1.807, 2.05) is 24.3 Å². The molecule has 2 amide bonds. The lowest BCUT2D eigenvalue weighted by atomic mass is 10.3. The number of piperazine rings is 1. The predicted octanol–water partition coefficient (Wildman–Crippen LogP) is 0.716. The van der Waals surface area contributed by atoms with Crippen LogP contribution >= 0.6 is 0 Å². The van der Waals surface area contributed by atoms with Crippen molar-refractivity contribution in [1.82, 2.24) is 25.0 Å². The molecule has 28 heavy (non-hydrogen) atoms. The second-order valence-electron chi connectivity index (χ2n) is 6.54. The maximum Gasteiger partial charge on any atom is 0.410 e. The minimum Gasteiger partial charge on any atom is -0.448 e. The zero-order valence-corrected chi connectivity index (χ0v) is 15.3. The summed E-state index contributed by atoms with van der Waals surface area (Å²) in [6.07, 6.45) is 3.00. The Bertz CT molecular complexity index is 823. The lowest BCUT2D eigenvalue weighted by Gasteiger charge is -2.35. The highest BCUT2D eigenvalue weighted by molar-refractivity contribution is 5.83. The summed E-state index contributed by atoms with van der Waals surface area (Å²) >= 11 is 0. The van der Waals surface area contributed by atoms with E-state index in [0.717, 1.165) is 11.5 Å². The Labute approximate surface area is 162 Å². The van der Waals surface area contributed by atoms with Crippen LogP contribution in [0.5, 0.6) is 0 Å². The molecule has 2 aliphatic rings. The summed E-state index contributed by atoms with van der Waals surface area (Å²) in [6, 6.07) is 7.49. The van der Waals surface area contributed by atoms with Gasteiger partial charge in [0.2, 0.25) is 5.91 Å². The normalized spacial score (nSPS) is 16.9. The van der Waals surface area contributed by atoms with Crippen LogP contribution < -0.4 is 10.2 Å². The van der Waals surface area contributed by atoms with Crippen molar-refractivity contribution < 1.29 is 14.3 Å². The van der Waals surface area contributed by atoms with E-state index in [4.69, 9.17) is 4.74 Å². The number of nitrogens with one attached hydrogen (secondary N) is 1. The fourth-order valence-corrected chi connectivity index (χ4v) is 3.16. The van der Waals surface area contributed by atoms with Crippen molar-refractivity contribution in [2.45, 2.75) is 0 Å². The Morgan fingerprint density at radius 3 is 2.46 bits per heavy atom. The van der Waals surface area contributed by atoms with Crippen LogP contribution in [-0.2, 0) is 9.53 Å². The van der Waals surface area contributed by atoms with Gasteiger partial charge in [0.1, 0.15) is 13.2 Å². The van der Waals surface area contributed by atoms with E-state index < -0.39 is 6.09 Å². The average molecular weight is 383 g/mol. The molecule has 2 aliphatic heterocycles. The molecule has 0 atom stereocenters. The molecule has 2 fully saturated rings. The largest absolute Gasteiger partial charge is 0.448 e. The first-order valence-corrected chi connectivity index (χ1v) is 9.14. The van der Waals surface area contributed by atoms with Crippen molar-refractivity contribution in [1.29, 1.82) is 0 Å². The van der Waals surface area contributed by atoms with Gasteiger partial charge in [-0.2, -0.15) is 0 Å². The SMILES string of the molecule is O=C(CN1CCOC1=O)N1CCN(c2ccc(Nc3ccncc3)nn2)CC1. The second-order valence-corrected chi connectivity index (χ2v) is 6.54. The molecular formula is C18H21N7O3. The van der Waals surface area contributed by atoms with Crippen LogP contribution in [0.4, 0.5) is 22.1 Å². The number of carbonyl (C=O) groups is 2. The molecule has 2 aromatic heterocycles. The van der Waals surface area contributed by atoms with Crippen molar-refractivity contribution in [2.75, 3.05) is 56.1 Å². The van der Waals surface area contributed by atoms with Crippen LogP contribution in [0.2, 0.25) is 0 Å². The van der Waals surface area contributed by atoms with E-state index in [1.54, 1.807) is 17.3 Å². The lowest BCUT2D eigenvalue weighted by Crippen LogP contribution is -2.51. The van der Waals surface area contributed by atoms with E-state index >= 15 is 0 Å². The van der Waals surface area contributed by atoms with Crippen LogP contribution in [0.25, 0.3) is 0 Å². The highest BCUT2D eigenvalue weighted by Crippen LogP contribution is 2.17. The third-order valence-corrected chi connectivity index (χ3v) is 4.73. The van der Waals surface area contributed by atoms with Crippen molar-refractivity contribution >= 4 is 29.3 Å². The Hall–Kier alpha value is -3.43. The van der Waals surface area contributed by atoms with Gasteiger partial charge in [0.25, 0.3) is 0 Å². The van der Waals surface area contributed by atoms with Gasteiger partial charge in [-0.3, -0.25) is 14.7 Å². The van der Waals surface area contributed by atoms with Gasteiger partial charge in [-0.1, -0.05) is 0 Å². The van der Waals surface area contributed by atoms with E-state index in [9.17, 15) is 9.59 Å². The fourth-order valence-electron chi connectivity index (χ4n) is 3.16. The Morgan fingerprint density at radius 1 is 1.04 bits per heavy atom. The molecular weight excluding hydrogens is 362 g/mol. The summed E-state index contributed by atoms with van der Waals surface area (Å²) in [5.41, 5.74) is 0.895. The zero-order chi connectivity index (χ0) is 19.3. The van der Waals surface area contributed by atoms with Crippen molar-refractivity contribution in [2.24, 2.45) is 0 Å². The molecule has 0 spiro atoms. The molecule has 0 bridgehead atoms. The third kappa shape index (κ3) is 4.11. The summed E-state index contributed by atoms with van der Waals surface area (Å²) in [4.78, 5) is 33.1. The summed E-state index contributed by atoms with van der Waals surface area (Å²) in [5.74, 6) is 1.37. The van der Waals surface area contributed by atoms with Crippen molar-refractivity contribution in [3.05, 3.63) is 36.7 Å². The maximum absolute atomic E-state index is 12.4. The summed E-state index contributed by atoms with van der Waals surface area (Å²) in [6.45, 7) is 3.41.